The number of fused-ring (bicyclic) bond motifs is 1. The second-order valence-electron chi connectivity index (χ2n) is 3.93. The maximum Gasteiger partial charge on any atom is 0.328 e. The van der Waals surface area contributed by atoms with Gasteiger partial charge in [0.05, 0.1) is 6.04 Å². The lowest BCUT2D eigenvalue weighted by Crippen LogP contribution is -2.37. The molecule has 0 aliphatic carbocycles. The van der Waals surface area contributed by atoms with Gasteiger partial charge in [-0.3, -0.25) is 4.79 Å². The second-order valence-corrected chi connectivity index (χ2v) is 4.93. The molecule has 17 heavy (non-hydrogen) atoms. The van der Waals surface area contributed by atoms with Crippen LogP contribution in [0.5, 0.6) is 0 Å². The molecule has 1 aromatic heterocycles. The highest BCUT2D eigenvalue weighted by molar-refractivity contribution is 7.10. The van der Waals surface area contributed by atoms with Crippen LogP contribution in [0.3, 0.4) is 0 Å². The highest BCUT2D eigenvalue weighted by atomic mass is 32.1. The zero-order chi connectivity index (χ0) is 12.4. The monoisotopic (exact) mass is 251 g/mol. The fourth-order valence-corrected chi connectivity index (χ4v) is 3.01. The number of amides is 1. The smallest absolute Gasteiger partial charge is 0.328 e. The SMILES string of the molecule is CC1c2ccsc2CCN1C(=O)/C=C/C(=O)O. The first kappa shape index (κ1) is 11.9. The molecule has 0 saturated heterocycles. The fourth-order valence-electron chi connectivity index (χ4n) is 2.05. The Morgan fingerprint density at radius 1 is 1.53 bits per heavy atom. The molecular formula is C12H13NO3S. The van der Waals surface area contributed by atoms with Crippen molar-refractivity contribution in [3.8, 4) is 0 Å². The van der Waals surface area contributed by atoms with E-state index in [1.165, 1.54) is 10.4 Å². The minimum absolute atomic E-state index is 0.0240. The van der Waals surface area contributed by atoms with Crippen molar-refractivity contribution in [2.24, 2.45) is 0 Å². The molecular weight excluding hydrogens is 238 g/mol. The van der Waals surface area contributed by atoms with Crippen molar-refractivity contribution in [3.05, 3.63) is 34.0 Å². The van der Waals surface area contributed by atoms with E-state index in [2.05, 4.69) is 0 Å². The van der Waals surface area contributed by atoms with E-state index in [-0.39, 0.29) is 11.9 Å². The van der Waals surface area contributed by atoms with E-state index in [1.807, 2.05) is 18.4 Å². The minimum atomic E-state index is -1.10. The van der Waals surface area contributed by atoms with Crippen molar-refractivity contribution in [1.82, 2.24) is 4.90 Å². The van der Waals surface area contributed by atoms with Crippen LogP contribution in [0, 0.1) is 0 Å². The van der Waals surface area contributed by atoms with E-state index in [0.717, 1.165) is 18.6 Å². The number of thiophene rings is 1. The lowest BCUT2D eigenvalue weighted by Gasteiger charge is -2.32. The summed E-state index contributed by atoms with van der Waals surface area (Å²) in [5.41, 5.74) is 1.18. The minimum Gasteiger partial charge on any atom is -0.478 e. The van der Waals surface area contributed by atoms with Crippen LogP contribution in [-0.4, -0.2) is 28.4 Å². The predicted molar refractivity (Wildman–Crippen MR) is 64.9 cm³/mol. The Morgan fingerprint density at radius 2 is 2.29 bits per heavy atom. The Kier molecular flexibility index (Phi) is 3.28. The zero-order valence-electron chi connectivity index (χ0n) is 9.42. The Morgan fingerprint density at radius 3 is 3.00 bits per heavy atom. The number of rotatable bonds is 2. The number of hydrogen-bond acceptors (Lipinski definition) is 3. The quantitative estimate of drug-likeness (QED) is 0.816. The van der Waals surface area contributed by atoms with Gasteiger partial charge in [-0.15, -0.1) is 11.3 Å². The summed E-state index contributed by atoms with van der Waals surface area (Å²) in [6.07, 6.45) is 2.86. The zero-order valence-corrected chi connectivity index (χ0v) is 10.2. The Labute approximate surface area is 103 Å². The van der Waals surface area contributed by atoms with Crippen LogP contribution in [0.2, 0.25) is 0 Å². The third kappa shape index (κ3) is 2.39. The van der Waals surface area contributed by atoms with Gasteiger partial charge in [0.15, 0.2) is 0 Å². The average molecular weight is 251 g/mol. The normalized spacial score (nSPS) is 19.4. The molecule has 1 N–H and O–H groups in total. The summed E-state index contributed by atoms with van der Waals surface area (Å²) in [5.74, 6) is -1.34. The molecule has 0 aromatic carbocycles. The largest absolute Gasteiger partial charge is 0.478 e. The molecule has 1 unspecified atom stereocenters. The molecule has 0 saturated carbocycles. The summed E-state index contributed by atoms with van der Waals surface area (Å²) in [7, 11) is 0. The predicted octanol–water partition coefficient (Wildman–Crippen LogP) is 1.83. The van der Waals surface area contributed by atoms with Gasteiger partial charge < -0.3 is 10.0 Å². The van der Waals surface area contributed by atoms with Gasteiger partial charge in [-0.25, -0.2) is 4.79 Å². The van der Waals surface area contributed by atoms with E-state index in [4.69, 9.17) is 5.11 Å². The van der Waals surface area contributed by atoms with Crippen LogP contribution in [0.25, 0.3) is 0 Å². The van der Waals surface area contributed by atoms with Gasteiger partial charge in [0.25, 0.3) is 0 Å². The molecule has 0 spiro atoms. The molecule has 0 bridgehead atoms. The van der Waals surface area contributed by atoms with Crippen LogP contribution >= 0.6 is 11.3 Å². The Hall–Kier alpha value is -1.62. The van der Waals surface area contributed by atoms with Crippen molar-refractivity contribution in [3.63, 3.8) is 0 Å². The topological polar surface area (TPSA) is 57.6 Å². The van der Waals surface area contributed by atoms with Gasteiger partial charge in [0, 0.05) is 23.6 Å². The molecule has 2 heterocycles. The number of carboxylic acid groups (broad SMARTS) is 1. The number of carbonyl (C=O) groups is 2. The summed E-state index contributed by atoms with van der Waals surface area (Å²) >= 11 is 1.71. The maximum atomic E-state index is 11.8. The van der Waals surface area contributed by atoms with Gasteiger partial charge in [-0.2, -0.15) is 0 Å². The lowest BCUT2D eigenvalue weighted by molar-refractivity contribution is -0.132. The fraction of sp³-hybridized carbons (Fsp3) is 0.333. The van der Waals surface area contributed by atoms with Gasteiger partial charge in [-0.1, -0.05) is 0 Å². The van der Waals surface area contributed by atoms with E-state index >= 15 is 0 Å². The van der Waals surface area contributed by atoms with Gasteiger partial charge >= 0.3 is 5.97 Å². The summed E-state index contributed by atoms with van der Waals surface area (Å²) < 4.78 is 0. The molecule has 1 aliphatic heterocycles. The van der Waals surface area contributed by atoms with Crippen molar-refractivity contribution < 1.29 is 14.7 Å². The molecule has 5 heteroatoms. The van der Waals surface area contributed by atoms with E-state index in [1.54, 1.807) is 16.2 Å². The molecule has 1 atom stereocenters. The number of hydrogen-bond donors (Lipinski definition) is 1. The van der Waals surface area contributed by atoms with Crippen molar-refractivity contribution in [2.75, 3.05) is 6.54 Å². The Balaban J connectivity index is 2.14. The molecule has 1 aliphatic rings. The third-order valence-corrected chi connectivity index (χ3v) is 3.93. The standard InChI is InChI=1S/C12H13NO3S/c1-8-9-5-7-17-10(9)4-6-13(8)11(14)2-3-12(15)16/h2-3,5,7-8H,4,6H2,1H3,(H,15,16)/b3-2+. The maximum absolute atomic E-state index is 11.8. The van der Waals surface area contributed by atoms with Crippen molar-refractivity contribution >= 4 is 23.2 Å². The van der Waals surface area contributed by atoms with Crippen LogP contribution < -0.4 is 0 Å². The van der Waals surface area contributed by atoms with Crippen molar-refractivity contribution in [1.29, 1.82) is 0 Å². The van der Waals surface area contributed by atoms with Crippen LogP contribution in [0.4, 0.5) is 0 Å². The molecule has 4 nitrogen and oxygen atoms in total. The van der Waals surface area contributed by atoms with E-state index < -0.39 is 5.97 Å². The summed E-state index contributed by atoms with van der Waals surface area (Å²) in [6.45, 7) is 2.62. The number of carbonyl (C=O) groups excluding carboxylic acids is 1. The van der Waals surface area contributed by atoms with E-state index in [0.29, 0.717) is 6.54 Å². The molecule has 2 rings (SSSR count). The van der Waals surface area contributed by atoms with Crippen LogP contribution in [0.1, 0.15) is 23.4 Å². The first-order chi connectivity index (χ1) is 8.09. The third-order valence-electron chi connectivity index (χ3n) is 2.93. The second kappa shape index (κ2) is 4.71. The molecule has 90 valence electrons. The number of nitrogens with zero attached hydrogens (tertiary/aromatic N) is 1. The molecule has 1 amide bonds. The van der Waals surface area contributed by atoms with Gasteiger partial charge in [0.1, 0.15) is 0 Å². The summed E-state index contributed by atoms with van der Waals surface area (Å²) in [4.78, 5) is 25.2. The van der Waals surface area contributed by atoms with E-state index in [9.17, 15) is 9.59 Å². The molecule has 0 radical (unpaired) electrons. The van der Waals surface area contributed by atoms with Crippen LogP contribution in [-0.2, 0) is 16.0 Å². The van der Waals surface area contributed by atoms with Gasteiger partial charge in [0.2, 0.25) is 5.91 Å². The first-order valence-electron chi connectivity index (χ1n) is 5.37. The lowest BCUT2D eigenvalue weighted by atomic mass is 10.0. The molecule has 0 fully saturated rings. The Bertz CT molecular complexity index is 478. The summed E-state index contributed by atoms with van der Waals surface area (Å²) in [5, 5.41) is 10.5. The average Bonchev–Trinajstić information content (AvgIpc) is 2.75. The number of carboxylic acids is 1. The highest BCUT2D eigenvalue weighted by Gasteiger charge is 2.26. The van der Waals surface area contributed by atoms with Crippen LogP contribution in [0.15, 0.2) is 23.6 Å². The molecule has 1 aromatic rings. The number of aliphatic carboxylic acids is 1. The highest BCUT2D eigenvalue weighted by Crippen LogP contribution is 2.32. The summed E-state index contributed by atoms with van der Waals surface area (Å²) in [6, 6.07) is 2.06. The van der Waals surface area contributed by atoms with Gasteiger partial charge in [-0.05, 0) is 30.4 Å². The van der Waals surface area contributed by atoms with Crippen molar-refractivity contribution in [2.45, 2.75) is 19.4 Å². The first-order valence-corrected chi connectivity index (χ1v) is 6.25.